The predicted molar refractivity (Wildman–Crippen MR) is 68.3 cm³/mol. The van der Waals surface area contributed by atoms with Crippen molar-refractivity contribution in [1.29, 1.82) is 0 Å². The molecule has 96 valence electrons. The summed E-state index contributed by atoms with van der Waals surface area (Å²) in [6.45, 7) is 1.48. The fourth-order valence-corrected chi connectivity index (χ4v) is 1.63. The van der Waals surface area contributed by atoms with E-state index in [4.69, 9.17) is 26.8 Å². The third-order valence-corrected chi connectivity index (χ3v) is 2.79. The lowest BCUT2D eigenvalue weighted by Gasteiger charge is -2.16. The van der Waals surface area contributed by atoms with E-state index >= 15 is 0 Å². The van der Waals surface area contributed by atoms with Gasteiger partial charge < -0.3 is 20.5 Å². The van der Waals surface area contributed by atoms with Gasteiger partial charge in [0.05, 0.1) is 17.7 Å². The highest BCUT2D eigenvalue weighted by Gasteiger charge is 2.10. The number of halogens is 1. The van der Waals surface area contributed by atoms with Crippen molar-refractivity contribution in [1.82, 2.24) is 4.98 Å². The van der Waals surface area contributed by atoms with Crippen molar-refractivity contribution in [2.24, 2.45) is 5.73 Å². The summed E-state index contributed by atoms with van der Waals surface area (Å²) < 4.78 is 10.2. The summed E-state index contributed by atoms with van der Waals surface area (Å²) in [4.78, 5) is 4.16. The normalized spacial score (nSPS) is 12.5. The van der Waals surface area contributed by atoms with Gasteiger partial charge in [0.25, 0.3) is 0 Å². The quantitative estimate of drug-likeness (QED) is 0.772. The van der Waals surface area contributed by atoms with Crippen LogP contribution in [0.2, 0.25) is 5.02 Å². The van der Waals surface area contributed by atoms with Gasteiger partial charge in [-0.05, 0) is 11.6 Å². The summed E-state index contributed by atoms with van der Waals surface area (Å²) in [5, 5.41) is 3.68. The van der Waals surface area contributed by atoms with Crippen molar-refractivity contribution in [3.05, 3.63) is 22.8 Å². The van der Waals surface area contributed by atoms with E-state index in [2.05, 4.69) is 10.3 Å². The molecule has 0 amide bonds. The molecule has 1 rings (SSSR count). The molecule has 1 aromatic heterocycles. The number of pyridine rings is 1. The predicted octanol–water partition coefficient (Wildman–Crippen LogP) is 1.27. The Morgan fingerprint density at radius 2 is 2.29 bits per heavy atom. The number of nitrogens with two attached hydrogens (primary N) is 1. The van der Waals surface area contributed by atoms with Gasteiger partial charge in [0.1, 0.15) is 5.82 Å². The molecule has 3 N–H and O–H groups in total. The Kier molecular flexibility index (Phi) is 6.21. The number of aromatic nitrogens is 1. The molecule has 0 aromatic carbocycles. The highest BCUT2D eigenvalue weighted by atomic mass is 35.5. The third kappa shape index (κ3) is 4.12. The van der Waals surface area contributed by atoms with Crippen LogP contribution in [0.5, 0.6) is 0 Å². The molecule has 0 radical (unpaired) electrons. The average molecular weight is 260 g/mol. The van der Waals surface area contributed by atoms with E-state index in [9.17, 15) is 0 Å². The molecule has 0 spiro atoms. The molecule has 0 saturated carbocycles. The lowest BCUT2D eigenvalue weighted by atomic mass is 10.2. The number of hydrogen-bond acceptors (Lipinski definition) is 5. The third-order valence-electron chi connectivity index (χ3n) is 2.37. The summed E-state index contributed by atoms with van der Waals surface area (Å²) in [7, 11) is 3.27. The van der Waals surface area contributed by atoms with Gasteiger partial charge in [-0.1, -0.05) is 11.6 Å². The van der Waals surface area contributed by atoms with Gasteiger partial charge in [-0.15, -0.1) is 0 Å². The van der Waals surface area contributed by atoms with Crippen LogP contribution < -0.4 is 11.1 Å². The Morgan fingerprint density at radius 1 is 1.53 bits per heavy atom. The topological polar surface area (TPSA) is 69.4 Å². The monoisotopic (exact) mass is 259 g/mol. The standard InChI is InChI=1S/C11H18ClN3O2/c1-16-7-9(17-2)6-15-11-10(12)8(5-13)3-4-14-11/h3-4,9H,5-7,13H2,1-2H3,(H,14,15). The van der Waals surface area contributed by atoms with Crippen molar-refractivity contribution in [2.75, 3.05) is 32.7 Å². The maximum atomic E-state index is 6.14. The SMILES string of the molecule is COCC(CNc1nccc(CN)c1Cl)OC. The molecule has 0 saturated heterocycles. The van der Waals surface area contributed by atoms with E-state index in [-0.39, 0.29) is 6.10 Å². The van der Waals surface area contributed by atoms with Crippen molar-refractivity contribution in [2.45, 2.75) is 12.6 Å². The number of nitrogens with one attached hydrogen (secondary N) is 1. The maximum absolute atomic E-state index is 6.14. The van der Waals surface area contributed by atoms with Gasteiger partial charge in [0.15, 0.2) is 0 Å². The molecular weight excluding hydrogens is 242 g/mol. The van der Waals surface area contributed by atoms with Crippen LogP contribution in [0.15, 0.2) is 12.3 Å². The first kappa shape index (κ1) is 14.2. The number of hydrogen-bond donors (Lipinski definition) is 2. The second-order valence-corrected chi connectivity index (χ2v) is 3.91. The Morgan fingerprint density at radius 3 is 2.88 bits per heavy atom. The van der Waals surface area contributed by atoms with Gasteiger partial charge in [0, 0.05) is 33.5 Å². The molecule has 1 unspecified atom stereocenters. The molecule has 1 aromatic rings. The van der Waals surface area contributed by atoms with E-state index < -0.39 is 0 Å². The van der Waals surface area contributed by atoms with Gasteiger partial charge in [-0.3, -0.25) is 0 Å². The van der Waals surface area contributed by atoms with Gasteiger partial charge in [-0.2, -0.15) is 0 Å². The minimum Gasteiger partial charge on any atom is -0.382 e. The van der Waals surface area contributed by atoms with Crippen LogP contribution in [0, 0.1) is 0 Å². The van der Waals surface area contributed by atoms with Gasteiger partial charge in [0.2, 0.25) is 0 Å². The van der Waals surface area contributed by atoms with Crippen LogP contribution in [0.4, 0.5) is 5.82 Å². The maximum Gasteiger partial charge on any atom is 0.145 e. The second-order valence-electron chi connectivity index (χ2n) is 3.53. The summed E-state index contributed by atoms with van der Waals surface area (Å²) in [6.07, 6.45) is 1.63. The van der Waals surface area contributed by atoms with E-state index in [0.717, 1.165) is 5.56 Å². The minimum absolute atomic E-state index is 0.0422. The smallest absolute Gasteiger partial charge is 0.145 e. The molecular formula is C11H18ClN3O2. The van der Waals surface area contributed by atoms with Crippen molar-refractivity contribution in [3.63, 3.8) is 0 Å². The Labute approximate surface area is 106 Å². The molecule has 1 atom stereocenters. The first-order valence-electron chi connectivity index (χ1n) is 5.32. The summed E-state index contributed by atoms with van der Waals surface area (Å²) in [5.41, 5.74) is 6.43. The number of ether oxygens (including phenoxy) is 2. The Balaban J connectivity index is 2.62. The van der Waals surface area contributed by atoms with Crippen molar-refractivity contribution < 1.29 is 9.47 Å². The fraction of sp³-hybridized carbons (Fsp3) is 0.545. The summed E-state index contributed by atoms with van der Waals surface area (Å²) in [6, 6.07) is 1.80. The molecule has 0 aliphatic heterocycles. The first-order valence-corrected chi connectivity index (χ1v) is 5.69. The molecule has 0 fully saturated rings. The van der Waals surface area contributed by atoms with Crippen LogP contribution in [-0.4, -0.2) is 38.5 Å². The first-order chi connectivity index (χ1) is 8.22. The van der Waals surface area contributed by atoms with Crippen molar-refractivity contribution in [3.8, 4) is 0 Å². The molecule has 0 aliphatic carbocycles. The van der Waals surface area contributed by atoms with Crippen LogP contribution in [-0.2, 0) is 16.0 Å². The van der Waals surface area contributed by atoms with Gasteiger partial charge >= 0.3 is 0 Å². The zero-order valence-electron chi connectivity index (χ0n) is 10.1. The summed E-state index contributed by atoms with van der Waals surface area (Å²) >= 11 is 6.14. The minimum atomic E-state index is -0.0422. The van der Waals surface area contributed by atoms with Gasteiger partial charge in [-0.25, -0.2) is 4.98 Å². The molecule has 6 heteroatoms. The molecule has 0 aliphatic rings. The van der Waals surface area contributed by atoms with E-state index in [0.29, 0.717) is 30.5 Å². The zero-order valence-corrected chi connectivity index (χ0v) is 10.8. The lowest BCUT2D eigenvalue weighted by Crippen LogP contribution is -2.27. The lowest BCUT2D eigenvalue weighted by molar-refractivity contribution is 0.0365. The van der Waals surface area contributed by atoms with Crippen LogP contribution in [0.1, 0.15) is 5.56 Å². The average Bonchev–Trinajstić information content (AvgIpc) is 2.36. The largest absolute Gasteiger partial charge is 0.382 e. The number of anilines is 1. The highest BCUT2D eigenvalue weighted by molar-refractivity contribution is 6.33. The molecule has 5 nitrogen and oxygen atoms in total. The number of rotatable bonds is 7. The van der Waals surface area contributed by atoms with Crippen molar-refractivity contribution >= 4 is 17.4 Å². The fourth-order valence-electron chi connectivity index (χ4n) is 1.37. The second kappa shape index (κ2) is 7.45. The zero-order chi connectivity index (χ0) is 12.7. The van der Waals surface area contributed by atoms with Crippen LogP contribution in [0.25, 0.3) is 0 Å². The number of methoxy groups -OCH3 is 2. The molecule has 0 bridgehead atoms. The highest BCUT2D eigenvalue weighted by Crippen LogP contribution is 2.22. The van der Waals surface area contributed by atoms with Crippen LogP contribution >= 0.6 is 11.6 Å². The Hall–Kier alpha value is -0.880. The summed E-state index contributed by atoms with van der Waals surface area (Å²) in [5.74, 6) is 0.618. The van der Waals surface area contributed by atoms with E-state index in [1.807, 2.05) is 0 Å². The Bertz CT molecular complexity index is 349. The molecule has 17 heavy (non-hydrogen) atoms. The number of nitrogens with zero attached hydrogens (tertiary/aromatic N) is 1. The van der Waals surface area contributed by atoms with E-state index in [1.165, 1.54) is 0 Å². The van der Waals surface area contributed by atoms with E-state index in [1.54, 1.807) is 26.5 Å². The molecule has 1 heterocycles. The van der Waals surface area contributed by atoms with Crippen LogP contribution in [0.3, 0.4) is 0 Å².